The highest BCUT2D eigenvalue weighted by Gasteiger charge is 2.13. The number of piperidine rings is 1. The van der Waals surface area contributed by atoms with E-state index in [9.17, 15) is 4.79 Å². The highest BCUT2D eigenvalue weighted by Crippen LogP contribution is 2.24. The van der Waals surface area contributed by atoms with Gasteiger partial charge < -0.3 is 14.7 Å². The summed E-state index contributed by atoms with van der Waals surface area (Å²) in [5.41, 5.74) is 0.226. The maximum atomic E-state index is 10.8. The van der Waals surface area contributed by atoms with E-state index < -0.39 is 5.97 Å². The van der Waals surface area contributed by atoms with Crippen LogP contribution in [-0.4, -0.2) is 34.1 Å². The lowest BCUT2D eigenvalue weighted by Crippen LogP contribution is -2.30. The number of nitrogens with zero attached hydrogens (tertiary/aromatic N) is 3. The lowest BCUT2D eigenvalue weighted by atomic mass is 10.1. The van der Waals surface area contributed by atoms with Gasteiger partial charge in [0.05, 0.1) is 5.56 Å². The number of rotatable bonds is 4. The standard InChI is InChI=1S/C16H17N3O3/c20-16(21)12-4-6-13(7-5-12)22-15-10-14(17-11-18-15)19-8-2-1-3-9-19/h4-7,10-11H,1-3,8-9H2,(H,20,21). The van der Waals surface area contributed by atoms with Gasteiger partial charge in [-0.2, -0.15) is 0 Å². The molecular weight excluding hydrogens is 282 g/mol. The van der Waals surface area contributed by atoms with Crippen LogP contribution in [0, 0.1) is 0 Å². The van der Waals surface area contributed by atoms with E-state index in [4.69, 9.17) is 9.84 Å². The summed E-state index contributed by atoms with van der Waals surface area (Å²) in [7, 11) is 0. The summed E-state index contributed by atoms with van der Waals surface area (Å²) in [4.78, 5) is 21.5. The first kappa shape index (κ1) is 14.3. The maximum Gasteiger partial charge on any atom is 0.335 e. The van der Waals surface area contributed by atoms with Crippen molar-refractivity contribution >= 4 is 11.8 Å². The molecule has 2 heterocycles. The molecule has 0 unspecified atom stereocenters. The fourth-order valence-electron chi connectivity index (χ4n) is 2.47. The van der Waals surface area contributed by atoms with E-state index in [1.165, 1.54) is 37.7 Å². The summed E-state index contributed by atoms with van der Waals surface area (Å²) in [5, 5.41) is 8.88. The Bertz CT molecular complexity index is 652. The molecule has 1 fully saturated rings. The molecular formula is C16H17N3O3. The number of ether oxygens (including phenoxy) is 1. The number of carboxylic acids is 1. The number of anilines is 1. The van der Waals surface area contributed by atoms with E-state index in [1.807, 2.05) is 6.07 Å². The summed E-state index contributed by atoms with van der Waals surface area (Å²) in [6.07, 6.45) is 5.11. The number of carboxylic acid groups (broad SMARTS) is 1. The molecule has 1 N–H and O–H groups in total. The second-order valence-corrected chi connectivity index (χ2v) is 5.19. The normalized spacial score (nSPS) is 14.6. The number of aromatic carboxylic acids is 1. The molecule has 0 aliphatic carbocycles. The van der Waals surface area contributed by atoms with Crippen molar-refractivity contribution in [3.05, 3.63) is 42.2 Å². The molecule has 0 amide bonds. The van der Waals surface area contributed by atoms with E-state index in [-0.39, 0.29) is 5.56 Å². The first-order chi connectivity index (χ1) is 10.7. The van der Waals surface area contributed by atoms with Crippen LogP contribution in [-0.2, 0) is 0 Å². The Morgan fingerprint density at radius 2 is 1.82 bits per heavy atom. The fraction of sp³-hybridized carbons (Fsp3) is 0.312. The topological polar surface area (TPSA) is 75.6 Å². The lowest BCUT2D eigenvalue weighted by Gasteiger charge is -2.27. The summed E-state index contributed by atoms with van der Waals surface area (Å²) < 4.78 is 5.67. The first-order valence-corrected chi connectivity index (χ1v) is 7.30. The van der Waals surface area contributed by atoms with E-state index in [2.05, 4.69) is 14.9 Å². The van der Waals surface area contributed by atoms with Crippen LogP contribution in [0.1, 0.15) is 29.6 Å². The van der Waals surface area contributed by atoms with E-state index in [1.54, 1.807) is 12.1 Å². The molecule has 2 aromatic rings. The molecule has 6 heteroatoms. The smallest absolute Gasteiger partial charge is 0.335 e. The average Bonchev–Trinajstić information content (AvgIpc) is 2.56. The largest absolute Gasteiger partial charge is 0.478 e. The molecule has 1 aromatic carbocycles. The summed E-state index contributed by atoms with van der Waals surface area (Å²) in [5.74, 6) is 0.916. The highest BCUT2D eigenvalue weighted by atomic mass is 16.5. The number of hydrogen-bond acceptors (Lipinski definition) is 5. The second kappa shape index (κ2) is 6.43. The molecule has 0 saturated carbocycles. The molecule has 1 aliphatic rings. The monoisotopic (exact) mass is 299 g/mol. The summed E-state index contributed by atoms with van der Waals surface area (Å²) in [6, 6.07) is 8.06. The summed E-state index contributed by atoms with van der Waals surface area (Å²) in [6.45, 7) is 2.01. The van der Waals surface area contributed by atoms with Crippen LogP contribution in [0.3, 0.4) is 0 Å². The summed E-state index contributed by atoms with van der Waals surface area (Å²) >= 11 is 0. The first-order valence-electron chi connectivity index (χ1n) is 7.30. The Hall–Kier alpha value is -2.63. The lowest BCUT2D eigenvalue weighted by molar-refractivity contribution is 0.0697. The minimum Gasteiger partial charge on any atom is -0.478 e. The molecule has 6 nitrogen and oxygen atoms in total. The van der Waals surface area contributed by atoms with Crippen molar-refractivity contribution in [2.45, 2.75) is 19.3 Å². The van der Waals surface area contributed by atoms with Gasteiger partial charge in [0, 0.05) is 19.2 Å². The van der Waals surface area contributed by atoms with Gasteiger partial charge in [-0.3, -0.25) is 0 Å². The van der Waals surface area contributed by atoms with Crippen molar-refractivity contribution in [3.63, 3.8) is 0 Å². The van der Waals surface area contributed by atoms with Crippen LogP contribution >= 0.6 is 0 Å². The SMILES string of the molecule is O=C(O)c1ccc(Oc2cc(N3CCCCC3)ncn2)cc1. The van der Waals surface area contributed by atoms with Crippen molar-refractivity contribution in [1.82, 2.24) is 9.97 Å². The Morgan fingerprint density at radius 3 is 2.50 bits per heavy atom. The van der Waals surface area contributed by atoms with Crippen LogP contribution in [0.2, 0.25) is 0 Å². The van der Waals surface area contributed by atoms with Crippen molar-refractivity contribution in [2.75, 3.05) is 18.0 Å². The number of aromatic nitrogens is 2. The third-order valence-corrected chi connectivity index (χ3v) is 3.63. The Kier molecular flexibility index (Phi) is 4.18. The molecule has 22 heavy (non-hydrogen) atoms. The van der Waals surface area contributed by atoms with Gasteiger partial charge in [0.25, 0.3) is 0 Å². The second-order valence-electron chi connectivity index (χ2n) is 5.19. The third-order valence-electron chi connectivity index (χ3n) is 3.63. The molecule has 0 spiro atoms. The van der Waals surface area contributed by atoms with Gasteiger partial charge in [0.15, 0.2) is 0 Å². The predicted molar refractivity (Wildman–Crippen MR) is 81.6 cm³/mol. The van der Waals surface area contributed by atoms with Crippen LogP contribution in [0.5, 0.6) is 11.6 Å². The molecule has 1 saturated heterocycles. The van der Waals surface area contributed by atoms with Crippen molar-refractivity contribution in [3.8, 4) is 11.6 Å². The van der Waals surface area contributed by atoms with Crippen molar-refractivity contribution < 1.29 is 14.6 Å². The molecule has 0 bridgehead atoms. The van der Waals surface area contributed by atoms with Gasteiger partial charge in [-0.25, -0.2) is 14.8 Å². The molecule has 0 radical (unpaired) electrons. The Morgan fingerprint density at radius 1 is 1.09 bits per heavy atom. The minimum absolute atomic E-state index is 0.226. The predicted octanol–water partition coefficient (Wildman–Crippen LogP) is 2.96. The Labute approximate surface area is 128 Å². The highest BCUT2D eigenvalue weighted by molar-refractivity contribution is 5.87. The average molecular weight is 299 g/mol. The Balaban J connectivity index is 1.73. The maximum absolute atomic E-state index is 10.8. The van der Waals surface area contributed by atoms with Crippen LogP contribution in [0.15, 0.2) is 36.7 Å². The fourth-order valence-corrected chi connectivity index (χ4v) is 2.47. The molecule has 0 atom stereocenters. The van der Waals surface area contributed by atoms with Crippen LogP contribution < -0.4 is 9.64 Å². The quantitative estimate of drug-likeness (QED) is 0.935. The van der Waals surface area contributed by atoms with Gasteiger partial charge in [-0.05, 0) is 43.5 Å². The van der Waals surface area contributed by atoms with E-state index >= 15 is 0 Å². The number of carbonyl (C=O) groups is 1. The van der Waals surface area contributed by atoms with Gasteiger partial charge >= 0.3 is 5.97 Å². The molecule has 114 valence electrons. The van der Waals surface area contributed by atoms with Crippen LogP contribution in [0.25, 0.3) is 0 Å². The van der Waals surface area contributed by atoms with E-state index in [0.717, 1.165) is 18.9 Å². The van der Waals surface area contributed by atoms with Crippen molar-refractivity contribution in [1.29, 1.82) is 0 Å². The van der Waals surface area contributed by atoms with Gasteiger partial charge in [-0.1, -0.05) is 0 Å². The number of benzene rings is 1. The van der Waals surface area contributed by atoms with Gasteiger partial charge in [0.2, 0.25) is 5.88 Å². The van der Waals surface area contributed by atoms with E-state index in [0.29, 0.717) is 11.6 Å². The zero-order valence-electron chi connectivity index (χ0n) is 12.1. The zero-order valence-corrected chi connectivity index (χ0v) is 12.1. The molecule has 1 aromatic heterocycles. The van der Waals surface area contributed by atoms with Crippen LogP contribution in [0.4, 0.5) is 5.82 Å². The third kappa shape index (κ3) is 3.33. The number of hydrogen-bond donors (Lipinski definition) is 1. The van der Waals surface area contributed by atoms with Gasteiger partial charge in [-0.15, -0.1) is 0 Å². The van der Waals surface area contributed by atoms with Crippen molar-refractivity contribution in [2.24, 2.45) is 0 Å². The van der Waals surface area contributed by atoms with Gasteiger partial charge in [0.1, 0.15) is 17.9 Å². The minimum atomic E-state index is -0.957. The molecule has 3 rings (SSSR count). The zero-order chi connectivity index (χ0) is 15.4. The molecule has 1 aliphatic heterocycles.